The van der Waals surface area contributed by atoms with E-state index in [0.29, 0.717) is 30.8 Å². The predicted molar refractivity (Wildman–Crippen MR) is 112 cm³/mol. The Morgan fingerprint density at radius 1 is 0.897 bits per heavy atom. The molecule has 2 heterocycles. The average Bonchev–Trinajstić information content (AvgIpc) is 3.35. The van der Waals surface area contributed by atoms with Crippen LogP contribution < -0.4 is 4.74 Å². The highest BCUT2D eigenvalue weighted by molar-refractivity contribution is 6.35. The van der Waals surface area contributed by atoms with Gasteiger partial charge in [-0.2, -0.15) is 0 Å². The number of carbonyl (C=O) groups is 2. The molecule has 0 aliphatic carbocycles. The average molecular weight is 390 g/mol. The zero-order chi connectivity index (χ0) is 20.2. The van der Waals surface area contributed by atoms with Crippen molar-refractivity contribution in [2.45, 2.75) is 26.2 Å². The van der Waals surface area contributed by atoms with Crippen molar-refractivity contribution in [3.8, 4) is 5.75 Å². The van der Waals surface area contributed by atoms with Crippen LogP contribution in [0.4, 0.5) is 0 Å². The third-order valence-corrected chi connectivity index (χ3v) is 5.49. The maximum absolute atomic E-state index is 13.3. The second kappa shape index (κ2) is 8.52. The molecule has 0 atom stereocenters. The van der Waals surface area contributed by atoms with Gasteiger partial charge in [0.05, 0.1) is 12.2 Å². The molecule has 2 aromatic rings. The molecule has 5 heteroatoms. The minimum atomic E-state index is -0.197. The van der Waals surface area contributed by atoms with Crippen LogP contribution in [0.25, 0.3) is 5.57 Å². The van der Waals surface area contributed by atoms with Crippen molar-refractivity contribution in [1.82, 2.24) is 9.80 Å². The highest BCUT2D eigenvalue weighted by atomic mass is 16.5. The second-order valence-corrected chi connectivity index (χ2v) is 7.37. The fraction of sp³-hybridized carbons (Fsp3) is 0.333. The van der Waals surface area contributed by atoms with Gasteiger partial charge in [-0.1, -0.05) is 42.5 Å². The third kappa shape index (κ3) is 3.90. The molecule has 150 valence electrons. The van der Waals surface area contributed by atoms with E-state index in [9.17, 15) is 9.59 Å². The van der Waals surface area contributed by atoms with E-state index in [1.165, 1.54) is 4.90 Å². The zero-order valence-electron chi connectivity index (χ0n) is 16.8. The lowest BCUT2D eigenvalue weighted by atomic mass is 10.0. The summed E-state index contributed by atoms with van der Waals surface area (Å²) in [4.78, 5) is 30.0. The van der Waals surface area contributed by atoms with Crippen molar-refractivity contribution in [2.24, 2.45) is 0 Å². The van der Waals surface area contributed by atoms with E-state index in [2.05, 4.69) is 4.90 Å². The largest absolute Gasteiger partial charge is 0.494 e. The van der Waals surface area contributed by atoms with Crippen molar-refractivity contribution in [2.75, 3.05) is 26.2 Å². The van der Waals surface area contributed by atoms with Gasteiger partial charge >= 0.3 is 0 Å². The maximum Gasteiger partial charge on any atom is 0.277 e. The minimum absolute atomic E-state index is 0.170. The van der Waals surface area contributed by atoms with Gasteiger partial charge in [0.15, 0.2) is 0 Å². The molecule has 0 saturated carbocycles. The van der Waals surface area contributed by atoms with E-state index in [4.69, 9.17) is 4.74 Å². The van der Waals surface area contributed by atoms with E-state index < -0.39 is 0 Å². The Morgan fingerprint density at radius 3 is 2.24 bits per heavy atom. The summed E-state index contributed by atoms with van der Waals surface area (Å²) in [5, 5.41) is 0. The first kappa shape index (κ1) is 19.2. The van der Waals surface area contributed by atoms with Crippen LogP contribution in [0.3, 0.4) is 0 Å². The van der Waals surface area contributed by atoms with Gasteiger partial charge in [0.2, 0.25) is 0 Å². The number of rotatable bonds is 7. The van der Waals surface area contributed by atoms with Gasteiger partial charge in [-0.25, -0.2) is 0 Å². The molecule has 0 unspecified atom stereocenters. The van der Waals surface area contributed by atoms with E-state index in [0.717, 1.165) is 42.8 Å². The Kier molecular flexibility index (Phi) is 5.65. The molecule has 1 saturated heterocycles. The molecule has 0 aromatic heterocycles. The number of amides is 2. The zero-order valence-corrected chi connectivity index (χ0v) is 16.8. The first-order chi connectivity index (χ1) is 14.2. The van der Waals surface area contributed by atoms with E-state index in [1.54, 1.807) is 0 Å². The highest BCUT2D eigenvalue weighted by Crippen LogP contribution is 2.34. The lowest BCUT2D eigenvalue weighted by Gasteiger charge is -2.20. The summed E-state index contributed by atoms with van der Waals surface area (Å²) in [5.41, 5.74) is 2.97. The fourth-order valence-corrected chi connectivity index (χ4v) is 4.03. The van der Waals surface area contributed by atoms with Gasteiger partial charge in [0.25, 0.3) is 11.8 Å². The van der Waals surface area contributed by atoms with Crippen LogP contribution >= 0.6 is 0 Å². The Balaban J connectivity index is 1.63. The van der Waals surface area contributed by atoms with Crippen LogP contribution in [0.1, 0.15) is 30.9 Å². The maximum atomic E-state index is 13.3. The summed E-state index contributed by atoms with van der Waals surface area (Å²) in [6.45, 7) is 4.56. The van der Waals surface area contributed by atoms with Crippen molar-refractivity contribution in [1.29, 1.82) is 0 Å². The van der Waals surface area contributed by atoms with Crippen molar-refractivity contribution in [3.05, 3.63) is 71.4 Å². The lowest BCUT2D eigenvalue weighted by Crippen LogP contribution is -2.36. The summed E-state index contributed by atoms with van der Waals surface area (Å²) in [7, 11) is 0. The first-order valence-corrected chi connectivity index (χ1v) is 10.3. The molecule has 0 bridgehead atoms. The van der Waals surface area contributed by atoms with Crippen LogP contribution in [0.15, 0.2) is 60.3 Å². The molecule has 29 heavy (non-hydrogen) atoms. The van der Waals surface area contributed by atoms with Gasteiger partial charge in [-0.05, 0) is 49.4 Å². The molecule has 2 aliphatic heterocycles. The van der Waals surface area contributed by atoms with E-state index >= 15 is 0 Å². The number of likely N-dealkylation sites (tertiary alicyclic amines) is 1. The minimum Gasteiger partial charge on any atom is -0.494 e. The normalized spacial score (nSPS) is 16.9. The summed E-state index contributed by atoms with van der Waals surface area (Å²) in [6.07, 6.45) is 2.75. The fourth-order valence-electron chi connectivity index (χ4n) is 4.03. The van der Waals surface area contributed by atoms with E-state index in [1.807, 2.05) is 61.5 Å². The van der Waals surface area contributed by atoms with Gasteiger partial charge in [0.1, 0.15) is 11.4 Å². The highest BCUT2D eigenvalue weighted by Gasteiger charge is 2.41. The Bertz CT molecular complexity index is 913. The molecule has 5 nitrogen and oxygen atoms in total. The SMILES string of the molecule is CCOc1ccc(C2=C(N3CCCC3)C(=O)N(CCc3ccccc3)C2=O)cc1. The molecule has 0 N–H and O–H groups in total. The summed E-state index contributed by atoms with van der Waals surface area (Å²) in [6, 6.07) is 17.4. The lowest BCUT2D eigenvalue weighted by molar-refractivity contribution is -0.137. The second-order valence-electron chi connectivity index (χ2n) is 7.37. The molecule has 0 spiro atoms. The molecule has 0 radical (unpaired) electrons. The van der Waals surface area contributed by atoms with Crippen LogP contribution in [-0.2, 0) is 16.0 Å². The smallest absolute Gasteiger partial charge is 0.277 e. The standard InChI is InChI=1S/C24H26N2O3/c1-2-29-20-12-10-19(11-13-20)21-22(25-15-6-7-16-25)24(28)26(23(21)27)17-14-18-8-4-3-5-9-18/h3-5,8-13H,2,6-7,14-17H2,1H3. The number of imide groups is 1. The van der Waals surface area contributed by atoms with Crippen molar-refractivity contribution < 1.29 is 14.3 Å². The Hall–Kier alpha value is -3.08. The Labute approximate surface area is 171 Å². The molecule has 4 rings (SSSR count). The predicted octanol–water partition coefficient (Wildman–Crippen LogP) is 3.50. The molecule has 2 aromatic carbocycles. The molecule has 1 fully saturated rings. The third-order valence-electron chi connectivity index (χ3n) is 5.49. The van der Waals surface area contributed by atoms with Gasteiger partial charge < -0.3 is 9.64 Å². The number of ether oxygens (including phenoxy) is 1. The van der Waals surface area contributed by atoms with Crippen LogP contribution in [-0.4, -0.2) is 47.9 Å². The van der Waals surface area contributed by atoms with Crippen molar-refractivity contribution >= 4 is 17.4 Å². The van der Waals surface area contributed by atoms with E-state index in [-0.39, 0.29) is 11.8 Å². The van der Waals surface area contributed by atoms with Crippen LogP contribution in [0.2, 0.25) is 0 Å². The monoisotopic (exact) mass is 390 g/mol. The van der Waals surface area contributed by atoms with Crippen molar-refractivity contribution in [3.63, 3.8) is 0 Å². The number of nitrogens with zero attached hydrogens (tertiary/aromatic N) is 2. The summed E-state index contributed by atoms with van der Waals surface area (Å²) >= 11 is 0. The molecular weight excluding hydrogens is 364 g/mol. The van der Waals surface area contributed by atoms with Gasteiger partial charge in [-0.3, -0.25) is 14.5 Å². The summed E-state index contributed by atoms with van der Waals surface area (Å²) in [5.74, 6) is 0.394. The number of hydrogen-bond donors (Lipinski definition) is 0. The van der Waals surface area contributed by atoms with Crippen LogP contribution in [0, 0.1) is 0 Å². The topological polar surface area (TPSA) is 49.9 Å². The van der Waals surface area contributed by atoms with Gasteiger partial charge in [-0.15, -0.1) is 0 Å². The number of carbonyl (C=O) groups excluding carboxylic acids is 2. The number of hydrogen-bond acceptors (Lipinski definition) is 4. The quantitative estimate of drug-likeness (QED) is 0.679. The molecule has 2 aliphatic rings. The van der Waals surface area contributed by atoms with Crippen LogP contribution in [0.5, 0.6) is 5.75 Å². The molecule has 2 amide bonds. The molecular formula is C24H26N2O3. The number of benzene rings is 2. The first-order valence-electron chi connectivity index (χ1n) is 10.3. The summed E-state index contributed by atoms with van der Waals surface area (Å²) < 4.78 is 5.52. The van der Waals surface area contributed by atoms with Gasteiger partial charge in [0, 0.05) is 19.6 Å². The Morgan fingerprint density at radius 2 is 1.59 bits per heavy atom.